The van der Waals surface area contributed by atoms with Crippen molar-refractivity contribution < 1.29 is 53.0 Å². The van der Waals surface area contributed by atoms with Crippen LogP contribution in [-0.2, 0) is 46.4 Å². The SMILES string of the molecule is C[C@@H]1O[C@@H](O)[C@@H](OCc2ccccc2)[C@H](O[C@@H]2O[C@@H](C)[C@@H](OC(=O)c3ccccc3)[C@@H](OC(=O)c3ccccc3)[C@@H]2OCc2ccccc2)[C@@H]1O. The van der Waals surface area contributed by atoms with Crippen LogP contribution in [0, 0.1) is 0 Å². The Morgan fingerprint density at radius 3 is 1.51 bits per heavy atom. The molecular weight excluding hydrogens is 656 g/mol. The van der Waals surface area contributed by atoms with Gasteiger partial charge in [0, 0.05) is 0 Å². The van der Waals surface area contributed by atoms with Gasteiger partial charge in [-0.3, -0.25) is 0 Å². The van der Waals surface area contributed by atoms with Crippen LogP contribution in [0.5, 0.6) is 0 Å². The Hall–Kier alpha value is -4.46. The molecule has 4 aromatic carbocycles. The standard InChI is InChI=1S/C40H42O11/c1-25-31(41)33(35(39(44)47-25)45-23-27-15-7-3-8-16-27)51-40-36(46-24-28-17-9-4-10-18-28)34(50-38(43)30-21-13-6-14-22-30)32(26(2)48-40)49-37(42)29-19-11-5-12-20-29/h3-22,25-26,31-36,39-41,44H,23-24H2,1-2H3/t25-,26-,31+,32+,33+,34+,35-,36-,39+,40-/m0/s1. The Kier molecular flexibility index (Phi) is 12.2. The van der Waals surface area contributed by atoms with Crippen LogP contribution < -0.4 is 0 Å². The lowest BCUT2D eigenvalue weighted by Gasteiger charge is -2.47. The zero-order valence-corrected chi connectivity index (χ0v) is 28.3. The molecule has 268 valence electrons. The number of hydrogen-bond donors (Lipinski definition) is 2. The highest BCUT2D eigenvalue weighted by Crippen LogP contribution is 2.34. The molecule has 2 fully saturated rings. The van der Waals surface area contributed by atoms with E-state index in [0.717, 1.165) is 11.1 Å². The lowest BCUT2D eigenvalue weighted by molar-refractivity contribution is -0.358. The molecule has 10 atom stereocenters. The number of carbonyl (C=O) groups excluding carboxylic acids is 2. The number of ether oxygens (including phenoxy) is 7. The van der Waals surface area contributed by atoms with Crippen molar-refractivity contribution in [3.63, 3.8) is 0 Å². The van der Waals surface area contributed by atoms with Crippen LogP contribution in [0.25, 0.3) is 0 Å². The third-order valence-corrected chi connectivity index (χ3v) is 8.87. The van der Waals surface area contributed by atoms with Crippen LogP contribution in [0.15, 0.2) is 121 Å². The molecule has 2 saturated heterocycles. The summed E-state index contributed by atoms with van der Waals surface area (Å²) < 4.78 is 43.2. The summed E-state index contributed by atoms with van der Waals surface area (Å²) in [6.07, 6.45) is -11.6. The van der Waals surface area contributed by atoms with Crippen molar-refractivity contribution in [3.05, 3.63) is 144 Å². The van der Waals surface area contributed by atoms with Crippen LogP contribution >= 0.6 is 0 Å². The van der Waals surface area contributed by atoms with E-state index in [1.807, 2.05) is 60.7 Å². The summed E-state index contributed by atoms with van der Waals surface area (Å²) >= 11 is 0. The first-order valence-electron chi connectivity index (χ1n) is 16.9. The molecule has 0 bridgehead atoms. The molecule has 0 radical (unpaired) electrons. The van der Waals surface area contributed by atoms with E-state index in [-0.39, 0.29) is 18.8 Å². The average Bonchev–Trinajstić information content (AvgIpc) is 3.16. The van der Waals surface area contributed by atoms with Crippen LogP contribution in [0.4, 0.5) is 0 Å². The molecule has 2 heterocycles. The van der Waals surface area contributed by atoms with E-state index in [2.05, 4.69) is 0 Å². The lowest BCUT2D eigenvalue weighted by Crippen LogP contribution is -2.65. The quantitative estimate of drug-likeness (QED) is 0.197. The molecule has 2 N–H and O–H groups in total. The van der Waals surface area contributed by atoms with Gasteiger partial charge in [-0.05, 0) is 49.2 Å². The first-order chi connectivity index (χ1) is 24.8. The second kappa shape index (κ2) is 17.2. The van der Waals surface area contributed by atoms with Gasteiger partial charge in [-0.25, -0.2) is 9.59 Å². The third-order valence-electron chi connectivity index (χ3n) is 8.87. The predicted octanol–water partition coefficient (Wildman–Crippen LogP) is 4.84. The van der Waals surface area contributed by atoms with Crippen LogP contribution in [0.3, 0.4) is 0 Å². The predicted molar refractivity (Wildman–Crippen MR) is 183 cm³/mol. The van der Waals surface area contributed by atoms with Crippen molar-refractivity contribution in [2.24, 2.45) is 0 Å². The van der Waals surface area contributed by atoms with E-state index in [1.54, 1.807) is 74.5 Å². The van der Waals surface area contributed by atoms with Crippen molar-refractivity contribution >= 4 is 11.9 Å². The molecule has 0 amide bonds. The smallest absolute Gasteiger partial charge is 0.338 e. The maximum atomic E-state index is 13.6. The maximum absolute atomic E-state index is 13.6. The fourth-order valence-electron chi connectivity index (χ4n) is 6.11. The van der Waals surface area contributed by atoms with Crippen molar-refractivity contribution in [3.8, 4) is 0 Å². The number of carbonyl (C=O) groups is 2. The van der Waals surface area contributed by atoms with Gasteiger partial charge in [-0.2, -0.15) is 0 Å². The highest BCUT2D eigenvalue weighted by Gasteiger charge is 2.54. The largest absolute Gasteiger partial charge is 0.452 e. The molecule has 51 heavy (non-hydrogen) atoms. The molecule has 0 aromatic heterocycles. The van der Waals surface area contributed by atoms with Gasteiger partial charge < -0.3 is 43.4 Å². The minimum Gasteiger partial charge on any atom is -0.452 e. The fourth-order valence-corrected chi connectivity index (χ4v) is 6.11. The molecule has 6 rings (SSSR count). The Labute approximate surface area is 296 Å². The zero-order chi connectivity index (χ0) is 35.7. The van der Waals surface area contributed by atoms with E-state index < -0.39 is 73.4 Å². The molecular formula is C40H42O11. The molecule has 11 nitrogen and oxygen atoms in total. The van der Waals surface area contributed by atoms with Gasteiger partial charge >= 0.3 is 11.9 Å². The zero-order valence-electron chi connectivity index (χ0n) is 28.3. The van der Waals surface area contributed by atoms with E-state index >= 15 is 0 Å². The van der Waals surface area contributed by atoms with Gasteiger partial charge in [0.05, 0.1) is 36.5 Å². The molecule has 0 saturated carbocycles. The van der Waals surface area contributed by atoms with Gasteiger partial charge in [-0.1, -0.05) is 97.1 Å². The first-order valence-corrected chi connectivity index (χ1v) is 16.9. The van der Waals surface area contributed by atoms with Crippen molar-refractivity contribution in [1.82, 2.24) is 0 Å². The normalized spacial score (nSPS) is 29.2. The summed E-state index contributed by atoms with van der Waals surface area (Å²) in [5, 5.41) is 22.4. The summed E-state index contributed by atoms with van der Waals surface area (Å²) in [6, 6.07) is 35.5. The van der Waals surface area contributed by atoms with E-state index in [4.69, 9.17) is 33.2 Å². The highest BCUT2D eigenvalue weighted by molar-refractivity contribution is 5.90. The number of aliphatic hydroxyl groups excluding tert-OH is 2. The maximum Gasteiger partial charge on any atom is 0.338 e. The van der Waals surface area contributed by atoms with Crippen LogP contribution in [0.2, 0.25) is 0 Å². The number of aliphatic hydroxyl groups is 2. The number of rotatable bonds is 12. The summed E-state index contributed by atoms with van der Waals surface area (Å²) in [6.45, 7) is 3.41. The number of benzene rings is 4. The first kappa shape index (κ1) is 36.3. The minimum atomic E-state index is -1.45. The Morgan fingerprint density at radius 1 is 0.549 bits per heavy atom. The summed E-state index contributed by atoms with van der Waals surface area (Å²) in [4.78, 5) is 27.0. The van der Waals surface area contributed by atoms with Gasteiger partial charge in [0.2, 0.25) is 0 Å². The van der Waals surface area contributed by atoms with Crippen LogP contribution in [0.1, 0.15) is 45.7 Å². The second-order valence-corrected chi connectivity index (χ2v) is 12.5. The third kappa shape index (κ3) is 9.07. The Balaban J connectivity index is 1.33. The lowest BCUT2D eigenvalue weighted by atomic mass is 9.96. The molecule has 0 aliphatic carbocycles. The van der Waals surface area contributed by atoms with Gasteiger partial charge in [0.25, 0.3) is 0 Å². The highest BCUT2D eigenvalue weighted by atomic mass is 16.7. The minimum absolute atomic E-state index is 0.0468. The Bertz CT molecular complexity index is 1670. The fraction of sp³-hybridized carbons (Fsp3) is 0.350. The average molecular weight is 699 g/mol. The summed E-state index contributed by atoms with van der Waals surface area (Å²) in [5.74, 6) is -1.33. The number of esters is 2. The van der Waals surface area contributed by atoms with Gasteiger partial charge in [-0.15, -0.1) is 0 Å². The summed E-state index contributed by atoms with van der Waals surface area (Å²) in [5.41, 5.74) is 2.21. The molecule has 0 spiro atoms. The van der Waals surface area contributed by atoms with E-state index in [0.29, 0.717) is 5.56 Å². The molecule has 0 unspecified atom stereocenters. The monoisotopic (exact) mass is 698 g/mol. The van der Waals surface area contributed by atoms with E-state index in [1.165, 1.54) is 0 Å². The van der Waals surface area contributed by atoms with Gasteiger partial charge in [0.1, 0.15) is 24.4 Å². The van der Waals surface area contributed by atoms with E-state index in [9.17, 15) is 19.8 Å². The van der Waals surface area contributed by atoms with Crippen molar-refractivity contribution in [1.29, 1.82) is 0 Å². The van der Waals surface area contributed by atoms with Crippen molar-refractivity contribution in [2.75, 3.05) is 0 Å². The second-order valence-electron chi connectivity index (χ2n) is 12.5. The van der Waals surface area contributed by atoms with Crippen molar-refractivity contribution in [2.45, 2.75) is 88.5 Å². The van der Waals surface area contributed by atoms with Gasteiger partial charge in [0.15, 0.2) is 24.8 Å². The molecule has 2 aliphatic heterocycles. The molecule has 4 aromatic rings. The molecule has 2 aliphatic rings. The summed E-state index contributed by atoms with van der Waals surface area (Å²) in [7, 11) is 0. The Morgan fingerprint density at radius 2 is 1.00 bits per heavy atom. The number of hydrogen-bond acceptors (Lipinski definition) is 11. The molecule has 11 heteroatoms. The van der Waals surface area contributed by atoms with Crippen LogP contribution in [-0.4, -0.2) is 83.6 Å². The topological polar surface area (TPSA) is 139 Å².